The summed E-state index contributed by atoms with van der Waals surface area (Å²) in [4.78, 5) is 21.0. The maximum absolute atomic E-state index is 13.0. The highest BCUT2D eigenvalue weighted by atomic mass is 16.2. The quantitative estimate of drug-likeness (QED) is 0.380. The van der Waals surface area contributed by atoms with Crippen molar-refractivity contribution in [2.75, 3.05) is 26.2 Å². The number of carbonyl (C=O) groups excluding carboxylic acids is 1. The molecule has 10 nitrogen and oxygen atoms in total. The van der Waals surface area contributed by atoms with Gasteiger partial charge >= 0.3 is 0 Å². The normalized spacial score (nSPS) is 14.3. The molecule has 0 bridgehead atoms. The molecule has 10 heteroatoms. The number of hydrogen-bond acceptors (Lipinski definition) is 6. The van der Waals surface area contributed by atoms with Crippen molar-refractivity contribution < 1.29 is 4.79 Å². The summed E-state index contributed by atoms with van der Waals surface area (Å²) in [5, 5.41) is 17.5. The molecule has 1 amide bonds. The molecule has 0 spiro atoms. The largest absolute Gasteiger partial charge is 0.340 e. The van der Waals surface area contributed by atoms with Crippen molar-refractivity contribution >= 4 is 17.2 Å². The molecular weight excluding hydrogens is 466 g/mol. The summed E-state index contributed by atoms with van der Waals surface area (Å²) in [6.07, 6.45) is 1.10. The van der Waals surface area contributed by atoms with Crippen LogP contribution in [-0.4, -0.2) is 71.5 Å². The third kappa shape index (κ3) is 4.82. The van der Waals surface area contributed by atoms with Gasteiger partial charge in [0.05, 0.1) is 12.3 Å². The standard InChI is InChI=1S/C27H31N9O/c1-18-22(7-6-8-24(18)28-5)17-33-13-15-34(16-14-33)27(37)12-9-23-19(2)31-35(20(23)3)26-11-10-25-30-29-21(4)36(25)32-26/h6-8,10-11H,9,12-17H2,1-4H3. The summed E-state index contributed by atoms with van der Waals surface area (Å²) in [6, 6.07) is 9.67. The van der Waals surface area contributed by atoms with Crippen molar-refractivity contribution in [2.45, 2.75) is 47.1 Å². The lowest BCUT2D eigenvalue weighted by Crippen LogP contribution is -2.48. The third-order valence-corrected chi connectivity index (χ3v) is 7.31. The van der Waals surface area contributed by atoms with E-state index >= 15 is 0 Å². The van der Waals surface area contributed by atoms with Gasteiger partial charge in [0.1, 0.15) is 0 Å². The molecule has 0 unspecified atom stereocenters. The van der Waals surface area contributed by atoms with Crippen molar-refractivity contribution in [3.05, 3.63) is 75.7 Å². The van der Waals surface area contributed by atoms with Gasteiger partial charge in [-0.1, -0.05) is 18.2 Å². The summed E-state index contributed by atoms with van der Waals surface area (Å²) in [5.74, 6) is 1.59. The summed E-state index contributed by atoms with van der Waals surface area (Å²) >= 11 is 0. The van der Waals surface area contributed by atoms with Crippen LogP contribution in [0.4, 0.5) is 5.69 Å². The van der Waals surface area contributed by atoms with Crippen LogP contribution in [0.2, 0.25) is 0 Å². The van der Waals surface area contributed by atoms with E-state index in [4.69, 9.17) is 11.7 Å². The Balaban J connectivity index is 1.19. The second kappa shape index (κ2) is 10.1. The van der Waals surface area contributed by atoms with Gasteiger partial charge < -0.3 is 4.90 Å². The maximum Gasteiger partial charge on any atom is 0.222 e. The van der Waals surface area contributed by atoms with Crippen molar-refractivity contribution in [1.29, 1.82) is 0 Å². The number of nitrogens with zero attached hydrogens (tertiary/aromatic N) is 9. The number of hydrogen-bond donors (Lipinski definition) is 0. The van der Waals surface area contributed by atoms with Gasteiger partial charge in [-0.3, -0.25) is 9.69 Å². The van der Waals surface area contributed by atoms with E-state index in [1.54, 1.807) is 4.52 Å². The Labute approximate surface area is 216 Å². The number of piperazine rings is 1. The van der Waals surface area contributed by atoms with E-state index in [0.717, 1.165) is 61.1 Å². The predicted octanol–water partition coefficient (Wildman–Crippen LogP) is 3.37. The van der Waals surface area contributed by atoms with E-state index in [1.807, 2.05) is 61.5 Å². The van der Waals surface area contributed by atoms with Crippen LogP contribution in [0.25, 0.3) is 16.3 Å². The number of aryl methyl sites for hydroxylation is 2. The van der Waals surface area contributed by atoms with Gasteiger partial charge in [0.2, 0.25) is 5.91 Å². The average molecular weight is 498 g/mol. The minimum absolute atomic E-state index is 0.178. The van der Waals surface area contributed by atoms with E-state index < -0.39 is 0 Å². The van der Waals surface area contributed by atoms with Crippen molar-refractivity contribution in [2.24, 2.45) is 0 Å². The molecule has 0 aliphatic carbocycles. The molecule has 1 aliphatic heterocycles. The van der Waals surface area contributed by atoms with Crippen LogP contribution in [-0.2, 0) is 17.8 Å². The first kappa shape index (κ1) is 24.6. The van der Waals surface area contributed by atoms with E-state index in [2.05, 4.69) is 31.1 Å². The van der Waals surface area contributed by atoms with Gasteiger partial charge in [0.15, 0.2) is 23.0 Å². The van der Waals surface area contributed by atoms with Crippen LogP contribution >= 0.6 is 0 Å². The first-order chi connectivity index (χ1) is 17.9. The molecule has 4 aromatic rings. The van der Waals surface area contributed by atoms with Crippen LogP contribution in [0, 0.1) is 34.3 Å². The van der Waals surface area contributed by atoms with Gasteiger partial charge in [0.25, 0.3) is 0 Å². The molecule has 0 radical (unpaired) electrons. The summed E-state index contributed by atoms with van der Waals surface area (Å²) in [7, 11) is 0. The fourth-order valence-electron chi connectivity index (χ4n) is 5.01. The van der Waals surface area contributed by atoms with Crippen LogP contribution in [0.5, 0.6) is 0 Å². The smallest absolute Gasteiger partial charge is 0.222 e. The zero-order valence-corrected chi connectivity index (χ0v) is 21.8. The summed E-state index contributed by atoms with van der Waals surface area (Å²) in [6.45, 7) is 19.1. The second-order valence-corrected chi connectivity index (χ2v) is 9.60. The first-order valence-electron chi connectivity index (χ1n) is 12.6. The zero-order valence-electron chi connectivity index (χ0n) is 21.8. The number of amides is 1. The lowest BCUT2D eigenvalue weighted by molar-refractivity contribution is -0.133. The number of benzene rings is 1. The maximum atomic E-state index is 13.0. The molecule has 0 N–H and O–H groups in total. The Bertz CT molecular complexity index is 1500. The Kier molecular flexibility index (Phi) is 6.72. The second-order valence-electron chi connectivity index (χ2n) is 9.60. The Morgan fingerprint density at radius 2 is 1.78 bits per heavy atom. The lowest BCUT2D eigenvalue weighted by atomic mass is 10.1. The molecule has 5 rings (SSSR count). The Morgan fingerprint density at radius 1 is 1.00 bits per heavy atom. The fraction of sp³-hybridized carbons (Fsp3) is 0.407. The lowest BCUT2D eigenvalue weighted by Gasteiger charge is -2.35. The van der Waals surface area contributed by atoms with E-state index in [-0.39, 0.29) is 5.91 Å². The Hall–Kier alpha value is -4.10. The monoisotopic (exact) mass is 497 g/mol. The fourth-order valence-corrected chi connectivity index (χ4v) is 5.01. The minimum atomic E-state index is 0.178. The molecule has 1 aromatic carbocycles. The highest BCUT2D eigenvalue weighted by molar-refractivity contribution is 5.76. The average Bonchev–Trinajstić information content (AvgIpc) is 3.42. The minimum Gasteiger partial charge on any atom is -0.340 e. The molecule has 1 fully saturated rings. The third-order valence-electron chi connectivity index (χ3n) is 7.31. The Morgan fingerprint density at radius 3 is 2.54 bits per heavy atom. The number of fused-ring (bicyclic) bond motifs is 1. The summed E-state index contributed by atoms with van der Waals surface area (Å²) in [5.41, 5.74) is 6.63. The van der Waals surface area contributed by atoms with Gasteiger partial charge in [-0.2, -0.15) is 9.61 Å². The molecule has 0 atom stereocenters. The van der Waals surface area contributed by atoms with Crippen LogP contribution in [0.1, 0.15) is 40.3 Å². The molecule has 37 heavy (non-hydrogen) atoms. The number of rotatable bonds is 6. The van der Waals surface area contributed by atoms with Crippen molar-refractivity contribution in [3.63, 3.8) is 0 Å². The van der Waals surface area contributed by atoms with Crippen molar-refractivity contribution in [3.8, 4) is 5.82 Å². The predicted molar refractivity (Wildman–Crippen MR) is 140 cm³/mol. The van der Waals surface area contributed by atoms with Crippen LogP contribution in [0.3, 0.4) is 0 Å². The number of carbonyl (C=O) groups is 1. The van der Waals surface area contributed by atoms with Crippen molar-refractivity contribution in [1.82, 2.24) is 39.4 Å². The zero-order chi connectivity index (χ0) is 26.1. The van der Waals surface area contributed by atoms with E-state index in [0.29, 0.717) is 30.0 Å². The van der Waals surface area contributed by atoms with Gasteiger partial charge in [-0.05, 0) is 62.9 Å². The van der Waals surface area contributed by atoms with Gasteiger partial charge in [0, 0.05) is 44.8 Å². The van der Waals surface area contributed by atoms with Gasteiger partial charge in [-0.25, -0.2) is 9.53 Å². The van der Waals surface area contributed by atoms with Crippen LogP contribution in [0.15, 0.2) is 30.3 Å². The molecule has 0 saturated carbocycles. The highest BCUT2D eigenvalue weighted by Crippen LogP contribution is 2.24. The first-order valence-corrected chi connectivity index (χ1v) is 12.6. The SMILES string of the molecule is [C-]#[N+]c1cccc(CN2CCN(C(=O)CCc3c(C)nn(-c4ccc5nnc(C)n5n4)c3C)CC2)c1C. The molecular formula is C27H31N9O. The van der Waals surface area contributed by atoms with E-state index in [9.17, 15) is 4.79 Å². The molecule has 3 aromatic heterocycles. The topological polar surface area (TPSA) is 88.8 Å². The molecule has 1 saturated heterocycles. The van der Waals surface area contributed by atoms with Gasteiger partial charge in [-0.15, -0.1) is 15.3 Å². The molecule has 190 valence electrons. The van der Waals surface area contributed by atoms with Crippen LogP contribution < -0.4 is 0 Å². The molecule has 1 aliphatic rings. The summed E-state index contributed by atoms with van der Waals surface area (Å²) < 4.78 is 3.54. The number of aromatic nitrogens is 6. The van der Waals surface area contributed by atoms with E-state index in [1.165, 1.54) is 5.56 Å². The molecule has 4 heterocycles. The highest BCUT2D eigenvalue weighted by Gasteiger charge is 2.23.